The van der Waals surface area contributed by atoms with Crippen LogP contribution >= 0.6 is 0 Å². The van der Waals surface area contributed by atoms with Gasteiger partial charge >= 0.3 is 0 Å². The molecule has 0 radical (unpaired) electrons. The second-order valence-corrected chi connectivity index (χ2v) is 7.07. The fourth-order valence-electron chi connectivity index (χ4n) is 3.72. The summed E-state index contributed by atoms with van der Waals surface area (Å²) in [6.45, 7) is 2.20. The van der Waals surface area contributed by atoms with Crippen LogP contribution in [0.3, 0.4) is 0 Å². The third-order valence-electron chi connectivity index (χ3n) is 5.14. The van der Waals surface area contributed by atoms with Gasteiger partial charge in [-0.25, -0.2) is 0 Å². The molecule has 0 amide bonds. The van der Waals surface area contributed by atoms with Gasteiger partial charge in [-0.3, -0.25) is 0 Å². The summed E-state index contributed by atoms with van der Waals surface area (Å²) in [5.74, 6) is 0.319. The van der Waals surface area contributed by atoms with E-state index in [9.17, 15) is 5.11 Å². The molecule has 0 fully saturated rings. The number of benzene rings is 4. The largest absolute Gasteiger partial charge is 0.508 e. The van der Waals surface area contributed by atoms with Gasteiger partial charge in [0.2, 0.25) is 0 Å². The number of phenols is 1. The lowest BCUT2D eigenvalue weighted by Gasteiger charge is -2.10. The van der Waals surface area contributed by atoms with Crippen LogP contribution in [0.4, 0.5) is 0 Å². The first-order chi connectivity index (χ1) is 13.2. The molecule has 1 nitrogen and oxygen atoms in total. The molecule has 0 aliphatic carbocycles. The van der Waals surface area contributed by atoms with Gasteiger partial charge in [0, 0.05) is 0 Å². The van der Waals surface area contributed by atoms with E-state index in [1.165, 1.54) is 32.9 Å². The normalized spacial score (nSPS) is 12.0. The van der Waals surface area contributed by atoms with E-state index in [1.807, 2.05) is 12.1 Å². The first-order valence-corrected chi connectivity index (χ1v) is 9.63. The Morgan fingerprint density at radius 3 is 2.33 bits per heavy atom. The average Bonchev–Trinajstić information content (AvgIpc) is 2.70. The van der Waals surface area contributed by atoms with Crippen molar-refractivity contribution in [3.8, 4) is 5.75 Å². The molecule has 0 heterocycles. The van der Waals surface area contributed by atoms with Crippen molar-refractivity contribution in [2.75, 3.05) is 0 Å². The van der Waals surface area contributed by atoms with Gasteiger partial charge in [0.15, 0.2) is 0 Å². The van der Waals surface area contributed by atoms with E-state index in [4.69, 9.17) is 0 Å². The van der Waals surface area contributed by atoms with Crippen LogP contribution in [0.2, 0.25) is 0 Å². The second kappa shape index (κ2) is 7.67. The second-order valence-electron chi connectivity index (χ2n) is 7.07. The molecule has 0 aliphatic rings. The standard InChI is InChI=1S/C26H24O/c1-2-5-20(24-13-12-21-6-3-4-7-22(21)17-24)10-8-19-9-11-25-18-26(27)15-14-23(25)16-19/h3-7,9,11-18,27H,2,8,10H2,1H3. The highest BCUT2D eigenvalue weighted by Gasteiger charge is 2.05. The Balaban J connectivity index is 1.58. The summed E-state index contributed by atoms with van der Waals surface area (Å²) in [5.41, 5.74) is 4.06. The molecule has 4 aromatic rings. The molecule has 1 heteroatoms. The van der Waals surface area contributed by atoms with Gasteiger partial charge in [-0.1, -0.05) is 73.7 Å². The molecule has 0 aromatic heterocycles. The van der Waals surface area contributed by atoms with Gasteiger partial charge in [0.1, 0.15) is 5.75 Å². The van der Waals surface area contributed by atoms with Gasteiger partial charge in [-0.2, -0.15) is 0 Å². The zero-order valence-electron chi connectivity index (χ0n) is 15.7. The van der Waals surface area contributed by atoms with Crippen LogP contribution in [0.25, 0.3) is 27.1 Å². The first kappa shape index (κ1) is 17.4. The van der Waals surface area contributed by atoms with Crippen LogP contribution in [0.1, 0.15) is 30.9 Å². The number of phenolic OH excluding ortho intramolecular Hbond substituents is 1. The minimum Gasteiger partial charge on any atom is -0.508 e. The lowest BCUT2D eigenvalue weighted by atomic mass is 9.94. The van der Waals surface area contributed by atoms with Crippen LogP contribution < -0.4 is 0 Å². The van der Waals surface area contributed by atoms with E-state index in [2.05, 4.69) is 73.7 Å². The van der Waals surface area contributed by atoms with Crippen molar-refractivity contribution in [2.45, 2.75) is 26.2 Å². The van der Waals surface area contributed by atoms with Crippen LogP contribution in [0, 0.1) is 0 Å². The molecule has 0 aliphatic heterocycles. The molecule has 0 saturated heterocycles. The minimum atomic E-state index is 0.319. The van der Waals surface area contributed by atoms with Gasteiger partial charge < -0.3 is 5.11 Å². The van der Waals surface area contributed by atoms with Gasteiger partial charge in [0.05, 0.1) is 0 Å². The molecule has 1 N–H and O–H groups in total. The topological polar surface area (TPSA) is 20.2 Å². The van der Waals surface area contributed by atoms with E-state index >= 15 is 0 Å². The Morgan fingerprint density at radius 2 is 1.48 bits per heavy atom. The monoisotopic (exact) mass is 352 g/mol. The van der Waals surface area contributed by atoms with Crippen molar-refractivity contribution in [1.29, 1.82) is 0 Å². The van der Waals surface area contributed by atoms with Crippen molar-refractivity contribution < 1.29 is 5.11 Å². The smallest absolute Gasteiger partial charge is 0.116 e. The van der Waals surface area contributed by atoms with Crippen molar-refractivity contribution in [1.82, 2.24) is 0 Å². The SMILES string of the molecule is CCC=C(CCc1ccc2cc(O)ccc2c1)c1ccc2ccccc2c1. The summed E-state index contributed by atoms with van der Waals surface area (Å²) in [5, 5.41) is 14.5. The highest BCUT2D eigenvalue weighted by Crippen LogP contribution is 2.27. The van der Waals surface area contributed by atoms with Crippen molar-refractivity contribution in [3.05, 3.63) is 96.1 Å². The molecule has 0 saturated carbocycles. The molecule has 4 aromatic carbocycles. The Labute approximate surface area is 160 Å². The van der Waals surface area contributed by atoms with E-state index < -0.39 is 0 Å². The molecular weight excluding hydrogens is 328 g/mol. The number of aryl methyl sites for hydroxylation is 1. The first-order valence-electron chi connectivity index (χ1n) is 9.63. The zero-order chi connectivity index (χ0) is 18.6. The number of allylic oxidation sites excluding steroid dienone is 2. The molecule has 0 unspecified atom stereocenters. The summed E-state index contributed by atoms with van der Waals surface area (Å²) in [6, 6.07) is 27.4. The van der Waals surface area contributed by atoms with Crippen LogP contribution in [0.5, 0.6) is 5.75 Å². The van der Waals surface area contributed by atoms with Gasteiger partial charge in [-0.15, -0.1) is 0 Å². The van der Waals surface area contributed by atoms with Crippen LogP contribution in [0.15, 0.2) is 84.9 Å². The summed E-state index contributed by atoms with van der Waals surface area (Å²) in [7, 11) is 0. The Hall–Kier alpha value is -3.06. The Kier molecular flexibility index (Phi) is 4.93. The third-order valence-corrected chi connectivity index (χ3v) is 5.14. The highest BCUT2D eigenvalue weighted by molar-refractivity contribution is 5.86. The molecule has 0 bridgehead atoms. The quantitative estimate of drug-likeness (QED) is 0.405. The fraction of sp³-hybridized carbons (Fsp3) is 0.154. The van der Waals surface area contributed by atoms with Gasteiger partial charge in [0.25, 0.3) is 0 Å². The molecular formula is C26H24O. The maximum absolute atomic E-state index is 9.63. The molecule has 0 atom stereocenters. The summed E-state index contributed by atoms with van der Waals surface area (Å²) < 4.78 is 0. The number of hydrogen-bond acceptors (Lipinski definition) is 1. The van der Waals surface area contributed by atoms with Crippen LogP contribution in [-0.2, 0) is 6.42 Å². The van der Waals surface area contributed by atoms with E-state index in [-0.39, 0.29) is 0 Å². The number of rotatable bonds is 5. The fourth-order valence-corrected chi connectivity index (χ4v) is 3.72. The average molecular weight is 352 g/mol. The van der Waals surface area contributed by atoms with E-state index in [0.717, 1.165) is 24.6 Å². The van der Waals surface area contributed by atoms with Crippen LogP contribution in [-0.4, -0.2) is 5.11 Å². The Bertz CT molecular complexity index is 1120. The van der Waals surface area contributed by atoms with Gasteiger partial charge in [-0.05, 0) is 75.7 Å². The molecule has 27 heavy (non-hydrogen) atoms. The van der Waals surface area contributed by atoms with Crippen molar-refractivity contribution in [3.63, 3.8) is 0 Å². The number of hydrogen-bond donors (Lipinski definition) is 1. The Morgan fingerprint density at radius 1 is 0.778 bits per heavy atom. The third kappa shape index (κ3) is 3.88. The number of aromatic hydroxyl groups is 1. The van der Waals surface area contributed by atoms with Crippen molar-refractivity contribution in [2.24, 2.45) is 0 Å². The predicted octanol–water partition coefficient (Wildman–Crippen LogP) is 7.12. The summed E-state index contributed by atoms with van der Waals surface area (Å²) in [4.78, 5) is 0. The van der Waals surface area contributed by atoms with E-state index in [1.54, 1.807) is 6.07 Å². The zero-order valence-corrected chi connectivity index (χ0v) is 15.7. The lowest BCUT2D eigenvalue weighted by Crippen LogP contribution is -1.91. The molecule has 4 rings (SSSR count). The van der Waals surface area contributed by atoms with Crippen molar-refractivity contribution >= 4 is 27.1 Å². The number of fused-ring (bicyclic) bond motifs is 2. The summed E-state index contributed by atoms with van der Waals surface area (Å²) in [6.07, 6.45) is 5.42. The molecule has 134 valence electrons. The minimum absolute atomic E-state index is 0.319. The maximum Gasteiger partial charge on any atom is 0.116 e. The lowest BCUT2D eigenvalue weighted by molar-refractivity contribution is 0.476. The molecule has 0 spiro atoms. The summed E-state index contributed by atoms with van der Waals surface area (Å²) >= 11 is 0. The maximum atomic E-state index is 9.63. The van der Waals surface area contributed by atoms with E-state index in [0.29, 0.717) is 5.75 Å². The predicted molar refractivity (Wildman–Crippen MR) is 116 cm³/mol. The highest BCUT2D eigenvalue weighted by atomic mass is 16.3.